The van der Waals surface area contributed by atoms with Crippen molar-refractivity contribution in [2.45, 2.75) is 36.8 Å². The number of para-hydroxylation sites is 3. The third kappa shape index (κ3) is 2.60. The van der Waals surface area contributed by atoms with Gasteiger partial charge < -0.3 is 15.4 Å². The summed E-state index contributed by atoms with van der Waals surface area (Å²) in [5.41, 5.74) is -0.0976. The quantitative estimate of drug-likeness (QED) is 0.478. The Morgan fingerprint density at radius 3 is 2.61 bits per heavy atom. The molecule has 3 aromatic rings. The topological polar surface area (TPSA) is 87.7 Å². The molecule has 7 nitrogen and oxygen atoms in total. The summed E-state index contributed by atoms with van der Waals surface area (Å²) in [6.45, 7) is 2.85. The van der Waals surface area contributed by atoms with Crippen LogP contribution >= 0.6 is 11.6 Å². The van der Waals surface area contributed by atoms with E-state index in [-0.39, 0.29) is 23.6 Å². The molecule has 4 heterocycles. The first-order chi connectivity index (χ1) is 18.5. The number of nitrogens with one attached hydrogen (secondary N) is 2. The number of Topliss-reactive ketones (excluding diaryl/α,β-unsaturated/α-hetero) is 1. The highest BCUT2D eigenvalue weighted by Crippen LogP contribution is 2.68. The second-order valence-corrected chi connectivity index (χ2v) is 10.7. The Bertz CT molecular complexity index is 1540. The fourth-order valence-corrected chi connectivity index (χ4v) is 7.91. The molecule has 2 N–H and O–H groups in total. The van der Waals surface area contributed by atoms with Gasteiger partial charge in [-0.05, 0) is 56.1 Å². The molecule has 2 saturated heterocycles. The Balaban J connectivity index is 1.58. The standard InChI is InChI=1S/C30H26ClN3O4/c1-2-38-23-15-6-3-9-17(23)26(35)24-22-14-8-16-34(22)30(19-11-7-12-20(31)25(19)33-28(30)37)29(24)18-10-4-5-13-21(18)32-27(29)36/h3-7,9-13,15,22,24H,2,8,14,16H2,1H3,(H,32,36)(H,33,37)/t22-,24+,29-,30-/m0/s1. The predicted octanol–water partition coefficient (Wildman–Crippen LogP) is 4.75. The Morgan fingerprint density at radius 1 is 1.00 bits per heavy atom. The summed E-state index contributed by atoms with van der Waals surface area (Å²) < 4.78 is 5.85. The molecule has 0 aromatic heterocycles. The summed E-state index contributed by atoms with van der Waals surface area (Å²) in [7, 11) is 0. The molecule has 0 saturated carbocycles. The van der Waals surface area contributed by atoms with E-state index >= 15 is 0 Å². The maximum absolute atomic E-state index is 14.8. The van der Waals surface area contributed by atoms with Gasteiger partial charge in [0, 0.05) is 17.3 Å². The zero-order valence-electron chi connectivity index (χ0n) is 20.8. The molecule has 192 valence electrons. The minimum Gasteiger partial charge on any atom is -0.493 e. The molecule has 0 unspecified atom stereocenters. The molecule has 2 fully saturated rings. The van der Waals surface area contributed by atoms with Crippen LogP contribution < -0.4 is 15.4 Å². The minimum absolute atomic E-state index is 0.196. The maximum Gasteiger partial charge on any atom is 0.251 e. The summed E-state index contributed by atoms with van der Waals surface area (Å²) in [6.07, 6.45) is 1.50. The smallest absolute Gasteiger partial charge is 0.251 e. The maximum atomic E-state index is 14.8. The number of nitrogens with zero attached hydrogens (tertiary/aromatic N) is 1. The summed E-state index contributed by atoms with van der Waals surface area (Å²) in [4.78, 5) is 45.8. The zero-order valence-corrected chi connectivity index (χ0v) is 21.5. The highest BCUT2D eigenvalue weighted by Gasteiger charge is 2.81. The fraction of sp³-hybridized carbons (Fsp3) is 0.300. The number of halogens is 1. The molecule has 4 atom stereocenters. The van der Waals surface area contributed by atoms with Gasteiger partial charge in [0.25, 0.3) is 5.91 Å². The summed E-state index contributed by atoms with van der Waals surface area (Å²) >= 11 is 6.60. The molecule has 4 aliphatic rings. The lowest BCUT2D eigenvalue weighted by molar-refractivity contribution is -0.137. The van der Waals surface area contributed by atoms with Crippen LogP contribution in [0.3, 0.4) is 0 Å². The number of ketones is 1. The minimum atomic E-state index is -1.51. The third-order valence-electron chi connectivity index (χ3n) is 8.82. The molecule has 0 aliphatic carbocycles. The Hall–Kier alpha value is -3.68. The number of ether oxygens (including phenoxy) is 1. The Labute approximate surface area is 225 Å². The summed E-state index contributed by atoms with van der Waals surface area (Å²) in [5.74, 6) is -1.22. The average molecular weight is 528 g/mol. The van der Waals surface area contributed by atoms with Gasteiger partial charge in [-0.2, -0.15) is 0 Å². The van der Waals surface area contributed by atoms with Crippen molar-refractivity contribution >= 4 is 40.6 Å². The van der Waals surface area contributed by atoms with Crippen molar-refractivity contribution in [2.24, 2.45) is 5.92 Å². The van der Waals surface area contributed by atoms with Crippen LogP contribution in [0.5, 0.6) is 5.75 Å². The van der Waals surface area contributed by atoms with E-state index in [9.17, 15) is 14.4 Å². The van der Waals surface area contributed by atoms with E-state index in [1.165, 1.54) is 0 Å². The van der Waals surface area contributed by atoms with Crippen molar-refractivity contribution < 1.29 is 19.1 Å². The van der Waals surface area contributed by atoms with Crippen LogP contribution in [0.15, 0.2) is 66.7 Å². The van der Waals surface area contributed by atoms with Crippen molar-refractivity contribution in [2.75, 3.05) is 23.8 Å². The fourth-order valence-electron chi connectivity index (χ4n) is 7.69. The lowest BCUT2D eigenvalue weighted by atomic mass is 9.57. The number of fused-ring (bicyclic) bond motifs is 7. The van der Waals surface area contributed by atoms with E-state index in [0.29, 0.717) is 58.4 Å². The van der Waals surface area contributed by atoms with Crippen LogP contribution in [0.1, 0.15) is 41.3 Å². The van der Waals surface area contributed by atoms with Gasteiger partial charge in [0.15, 0.2) is 5.78 Å². The van der Waals surface area contributed by atoms with Crippen LogP contribution in [0, 0.1) is 5.92 Å². The van der Waals surface area contributed by atoms with Gasteiger partial charge >= 0.3 is 0 Å². The molecule has 0 radical (unpaired) electrons. The van der Waals surface area contributed by atoms with Gasteiger partial charge in [-0.25, -0.2) is 0 Å². The van der Waals surface area contributed by atoms with Crippen LogP contribution in [0.25, 0.3) is 0 Å². The summed E-state index contributed by atoms with van der Waals surface area (Å²) in [5, 5.41) is 6.47. The van der Waals surface area contributed by atoms with E-state index in [2.05, 4.69) is 15.5 Å². The van der Waals surface area contributed by atoms with Crippen LogP contribution in [0.2, 0.25) is 5.02 Å². The van der Waals surface area contributed by atoms with Gasteiger partial charge in [-0.1, -0.05) is 54.1 Å². The van der Waals surface area contributed by atoms with E-state index in [4.69, 9.17) is 16.3 Å². The monoisotopic (exact) mass is 527 g/mol. The van der Waals surface area contributed by atoms with E-state index < -0.39 is 16.9 Å². The first-order valence-electron chi connectivity index (χ1n) is 13.0. The molecule has 38 heavy (non-hydrogen) atoms. The largest absolute Gasteiger partial charge is 0.493 e. The molecular formula is C30H26ClN3O4. The number of rotatable bonds is 4. The Kier molecular flexibility index (Phi) is 5.03. The highest BCUT2D eigenvalue weighted by atomic mass is 35.5. The first-order valence-corrected chi connectivity index (χ1v) is 13.4. The lowest BCUT2D eigenvalue weighted by Crippen LogP contribution is -2.62. The second-order valence-electron chi connectivity index (χ2n) is 10.3. The first kappa shape index (κ1) is 23.4. The number of benzene rings is 3. The zero-order chi connectivity index (χ0) is 26.2. The molecule has 2 spiro atoms. The van der Waals surface area contributed by atoms with Gasteiger partial charge in [-0.15, -0.1) is 0 Å². The third-order valence-corrected chi connectivity index (χ3v) is 9.13. The molecule has 8 heteroatoms. The average Bonchev–Trinajstić information content (AvgIpc) is 3.64. The van der Waals surface area contributed by atoms with Crippen molar-refractivity contribution in [3.05, 3.63) is 88.4 Å². The van der Waals surface area contributed by atoms with E-state index in [1.807, 2.05) is 43.3 Å². The van der Waals surface area contributed by atoms with E-state index in [0.717, 1.165) is 6.42 Å². The number of anilines is 2. The van der Waals surface area contributed by atoms with Gasteiger partial charge in [0.05, 0.1) is 28.8 Å². The van der Waals surface area contributed by atoms with Crippen molar-refractivity contribution in [1.29, 1.82) is 0 Å². The second kappa shape index (κ2) is 8.16. The van der Waals surface area contributed by atoms with Crippen LogP contribution in [-0.4, -0.2) is 41.7 Å². The molecule has 2 amide bonds. The van der Waals surface area contributed by atoms with Crippen molar-refractivity contribution in [1.82, 2.24) is 4.90 Å². The number of hydrogen-bond donors (Lipinski definition) is 2. The number of amides is 2. The number of carbonyl (C=O) groups excluding carboxylic acids is 3. The van der Waals surface area contributed by atoms with Gasteiger partial charge in [0.1, 0.15) is 16.7 Å². The summed E-state index contributed by atoms with van der Waals surface area (Å²) in [6, 6.07) is 19.7. The predicted molar refractivity (Wildman–Crippen MR) is 144 cm³/mol. The lowest BCUT2D eigenvalue weighted by Gasteiger charge is -2.43. The van der Waals surface area contributed by atoms with Crippen LogP contribution in [0.4, 0.5) is 11.4 Å². The van der Waals surface area contributed by atoms with Gasteiger partial charge in [0.2, 0.25) is 5.91 Å². The van der Waals surface area contributed by atoms with E-state index in [1.54, 1.807) is 30.3 Å². The number of hydrogen-bond acceptors (Lipinski definition) is 5. The molecule has 7 rings (SSSR count). The molecule has 3 aromatic carbocycles. The molecular weight excluding hydrogens is 502 g/mol. The SMILES string of the molecule is CCOc1ccccc1C(=O)[C@H]1[C@@H]2CCCN2[C@@]2(C(=O)Nc3c(Cl)cccc32)[C@]12C(=O)Nc1ccccc12. The van der Waals surface area contributed by atoms with Crippen molar-refractivity contribution in [3.63, 3.8) is 0 Å². The van der Waals surface area contributed by atoms with Gasteiger partial charge in [-0.3, -0.25) is 19.3 Å². The number of carbonyl (C=O) groups is 3. The Morgan fingerprint density at radius 2 is 1.76 bits per heavy atom. The van der Waals surface area contributed by atoms with Crippen LogP contribution in [-0.2, 0) is 20.5 Å². The normalized spacial score (nSPS) is 28.8. The van der Waals surface area contributed by atoms with Crippen molar-refractivity contribution in [3.8, 4) is 5.75 Å². The molecule has 0 bridgehead atoms. The highest BCUT2D eigenvalue weighted by molar-refractivity contribution is 6.35. The molecule has 4 aliphatic heterocycles.